The molecule has 5 heteroatoms. The van der Waals surface area contributed by atoms with Crippen molar-refractivity contribution in [3.63, 3.8) is 0 Å². The summed E-state index contributed by atoms with van der Waals surface area (Å²) in [7, 11) is 0. The molecule has 1 heterocycles. The fraction of sp³-hybridized carbons (Fsp3) is 0.353. The highest BCUT2D eigenvalue weighted by Crippen LogP contribution is 2.33. The molecule has 0 spiro atoms. The van der Waals surface area contributed by atoms with Gasteiger partial charge in [0.2, 0.25) is 0 Å². The maximum atomic E-state index is 5.67. The van der Waals surface area contributed by atoms with Crippen molar-refractivity contribution >= 4 is 15.9 Å². The van der Waals surface area contributed by atoms with Crippen molar-refractivity contribution in [2.45, 2.75) is 26.9 Å². The Kier molecular flexibility index (Phi) is 6.68. The Labute approximate surface area is 140 Å². The van der Waals surface area contributed by atoms with E-state index in [1.54, 1.807) is 12.4 Å². The molecule has 0 unspecified atom stereocenters. The van der Waals surface area contributed by atoms with E-state index in [-0.39, 0.29) is 0 Å². The summed E-state index contributed by atoms with van der Waals surface area (Å²) in [6.07, 6.45) is 3.61. The molecule has 0 aliphatic heterocycles. The SMILES string of the molecule is CCOc1cc(Br)c(CNCc2ccncc2)cc1OCC. The maximum Gasteiger partial charge on any atom is 0.162 e. The quantitative estimate of drug-likeness (QED) is 0.770. The van der Waals surface area contributed by atoms with Crippen LogP contribution in [0.5, 0.6) is 11.5 Å². The number of benzene rings is 1. The maximum absolute atomic E-state index is 5.67. The highest BCUT2D eigenvalue weighted by atomic mass is 79.9. The van der Waals surface area contributed by atoms with E-state index in [4.69, 9.17) is 9.47 Å². The van der Waals surface area contributed by atoms with Crippen molar-refractivity contribution in [1.29, 1.82) is 0 Å². The number of hydrogen-bond donors (Lipinski definition) is 1. The number of aromatic nitrogens is 1. The molecule has 0 saturated carbocycles. The summed E-state index contributed by atoms with van der Waals surface area (Å²) in [5, 5.41) is 3.43. The lowest BCUT2D eigenvalue weighted by Crippen LogP contribution is -2.13. The Morgan fingerprint density at radius 2 is 1.64 bits per heavy atom. The summed E-state index contributed by atoms with van der Waals surface area (Å²) in [6, 6.07) is 8.01. The molecule has 0 aliphatic rings. The molecule has 1 aromatic heterocycles. The number of nitrogens with zero attached hydrogens (tertiary/aromatic N) is 1. The molecule has 0 saturated heterocycles. The number of ether oxygens (including phenoxy) is 2. The van der Waals surface area contributed by atoms with E-state index < -0.39 is 0 Å². The standard InChI is InChI=1S/C17H21BrN2O2/c1-3-21-16-9-14(15(18)10-17(16)22-4-2)12-20-11-13-5-7-19-8-6-13/h5-10,20H,3-4,11-12H2,1-2H3. The lowest BCUT2D eigenvalue weighted by molar-refractivity contribution is 0.287. The predicted molar refractivity (Wildman–Crippen MR) is 91.3 cm³/mol. The fourth-order valence-electron chi connectivity index (χ4n) is 2.09. The molecule has 0 fully saturated rings. The van der Waals surface area contributed by atoms with Gasteiger partial charge in [0.05, 0.1) is 13.2 Å². The van der Waals surface area contributed by atoms with Crippen molar-refractivity contribution in [3.05, 3.63) is 52.3 Å². The molecule has 2 rings (SSSR count). The van der Waals surface area contributed by atoms with Crippen LogP contribution in [0.2, 0.25) is 0 Å². The van der Waals surface area contributed by atoms with Crippen LogP contribution >= 0.6 is 15.9 Å². The third-order valence-electron chi connectivity index (χ3n) is 3.11. The first kappa shape index (κ1) is 16.8. The lowest BCUT2D eigenvalue weighted by Gasteiger charge is -2.14. The van der Waals surface area contributed by atoms with Gasteiger partial charge in [0.25, 0.3) is 0 Å². The van der Waals surface area contributed by atoms with E-state index >= 15 is 0 Å². The summed E-state index contributed by atoms with van der Waals surface area (Å²) in [5.74, 6) is 1.56. The van der Waals surface area contributed by atoms with Gasteiger partial charge in [0, 0.05) is 30.0 Å². The van der Waals surface area contributed by atoms with Crippen LogP contribution in [-0.4, -0.2) is 18.2 Å². The Hall–Kier alpha value is -1.59. The van der Waals surface area contributed by atoms with Crippen molar-refractivity contribution in [2.75, 3.05) is 13.2 Å². The van der Waals surface area contributed by atoms with Crippen LogP contribution in [0.1, 0.15) is 25.0 Å². The smallest absolute Gasteiger partial charge is 0.162 e. The van der Waals surface area contributed by atoms with Gasteiger partial charge in [-0.3, -0.25) is 4.98 Å². The third-order valence-corrected chi connectivity index (χ3v) is 3.84. The number of halogens is 1. The molecule has 22 heavy (non-hydrogen) atoms. The zero-order valence-electron chi connectivity index (χ0n) is 12.9. The van der Waals surface area contributed by atoms with Gasteiger partial charge in [-0.2, -0.15) is 0 Å². The average Bonchev–Trinajstić information content (AvgIpc) is 2.53. The molecule has 0 bridgehead atoms. The Balaban J connectivity index is 2.05. The van der Waals surface area contributed by atoms with E-state index in [0.29, 0.717) is 13.2 Å². The Bertz CT molecular complexity index is 591. The average molecular weight is 365 g/mol. The summed E-state index contributed by atoms with van der Waals surface area (Å²) in [5.41, 5.74) is 2.35. The van der Waals surface area contributed by atoms with E-state index in [1.165, 1.54) is 5.56 Å². The van der Waals surface area contributed by atoms with Gasteiger partial charge in [-0.25, -0.2) is 0 Å². The Morgan fingerprint density at radius 3 is 2.27 bits per heavy atom. The molecule has 0 atom stereocenters. The van der Waals surface area contributed by atoms with Crippen molar-refractivity contribution in [1.82, 2.24) is 10.3 Å². The number of hydrogen-bond acceptors (Lipinski definition) is 4. The number of rotatable bonds is 8. The zero-order valence-corrected chi connectivity index (χ0v) is 14.5. The van der Waals surface area contributed by atoms with Gasteiger partial charge in [0.1, 0.15) is 0 Å². The molecular formula is C17H21BrN2O2. The van der Waals surface area contributed by atoms with E-state index in [9.17, 15) is 0 Å². The van der Waals surface area contributed by atoms with Crippen molar-refractivity contribution in [2.24, 2.45) is 0 Å². The summed E-state index contributed by atoms with van der Waals surface area (Å²) >= 11 is 3.60. The lowest BCUT2D eigenvalue weighted by atomic mass is 10.2. The monoisotopic (exact) mass is 364 g/mol. The van der Waals surface area contributed by atoms with Gasteiger partial charge in [-0.05, 0) is 49.2 Å². The molecule has 2 aromatic rings. The minimum Gasteiger partial charge on any atom is -0.490 e. The fourth-order valence-corrected chi connectivity index (χ4v) is 2.55. The second-order valence-corrected chi connectivity index (χ2v) is 5.57. The van der Waals surface area contributed by atoms with Gasteiger partial charge in [-0.15, -0.1) is 0 Å². The first-order chi connectivity index (χ1) is 10.7. The molecule has 4 nitrogen and oxygen atoms in total. The predicted octanol–water partition coefficient (Wildman–Crippen LogP) is 3.93. The van der Waals surface area contributed by atoms with E-state index in [1.807, 2.05) is 38.1 Å². The largest absolute Gasteiger partial charge is 0.490 e. The highest BCUT2D eigenvalue weighted by Gasteiger charge is 2.10. The molecule has 118 valence electrons. The minimum absolute atomic E-state index is 0.617. The van der Waals surface area contributed by atoms with Crippen LogP contribution in [0.25, 0.3) is 0 Å². The van der Waals surface area contributed by atoms with Crippen LogP contribution in [0.3, 0.4) is 0 Å². The minimum atomic E-state index is 0.617. The van der Waals surface area contributed by atoms with Crippen molar-refractivity contribution in [3.8, 4) is 11.5 Å². The van der Waals surface area contributed by atoms with Crippen molar-refractivity contribution < 1.29 is 9.47 Å². The van der Waals surface area contributed by atoms with E-state index in [2.05, 4.69) is 26.2 Å². The molecular weight excluding hydrogens is 344 g/mol. The number of pyridine rings is 1. The van der Waals surface area contributed by atoms with Crippen LogP contribution in [-0.2, 0) is 13.1 Å². The van der Waals surface area contributed by atoms with Gasteiger partial charge in [0.15, 0.2) is 11.5 Å². The van der Waals surface area contributed by atoms with Crippen LogP contribution < -0.4 is 14.8 Å². The molecule has 0 amide bonds. The Morgan fingerprint density at radius 1 is 1.00 bits per heavy atom. The highest BCUT2D eigenvalue weighted by molar-refractivity contribution is 9.10. The number of nitrogens with one attached hydrogen (secondary N) is 1. The molecule has 0 aliphatic carbocycles. The van der Waals surface area contributed by atoms with E-state index in [0.717, 1.165) is 34.6 Å². The first-order valence-electron chi connectivity index (χ1n) is 7.42. The molecule has 1 N–H and O–H groups in total. The topological polar surface area (TPSA) is 43.4 Å². The summed E-state index contributed by atoms with van der Waals surface area (Å²) < 4.78 is 12.3. The first-order valence-corrected chi connectivity index (χ1v) is 8.21. The third kappa shape index (κ3) is 4.71. The molecule has 1 aromatic carbocycles. The second-order valence-electron chi connectivity index (χ2n) is 4.72. The zero-order chi connectivity index (χ0) is 15.8. The normalized spacial score (nSPS) is 10.5. The van der Waals surface area contributed by atoms with Crippen LogP contribution in [0, 0.1) is 0 Å². The molecule has 0 radical (unpaired) electrons. The summed E-state index contributed by atoms with van der Waals surface area (Å²) in [4.78, 5) is 4.02. The second kappa shape index (κ2) is 8.76. The van der Waals surface area contributed by atoms with Crippen LogP contribution in [0.4, 0.5) is 0 Å². The van der Waals surface area contributed by atoms with Gasteiger partial charge in [-0.1, -0.05) is 15.9 Å². The summed E-state index contributed by atoms with van der Waals surface area (Å²) in [6.45, 7) is 6.71. The van der Waals surface area contributed by atoms with Gasteiger partial charge >= 0.3 is 0 Å². The van der Waals surface area contributed by atoms with Crippen LogP contribution in [0.15, 0.2) is 41.1 Å². The van der Waals surface area contributed by atoms with Gasteiger partial charge < -0.3 is 14.8 Å².